The number of carbonyl (C=O) groups is 2. The zero-order chi connectivity index (χ0) is 21.3. The highest BCUT2D eigenvalue weighted by molar-refractivity contribution is 7.80. The van der Waals surface area contributed by atoms with Crippen molar-refractivity contribution >= 4 is 46.6 Å². The first-order chi connectivity index (χ1) is 14.4. The SMILES string of the molecule is O=C1NC(=S)NC(=O)C1=Cc1ccc(-c2cc([N+](=O)[O-])ccc2N2CCOCC2)o1. The van der Waals surface area contributed by atoms with Gasteiger partial charge in [-0.3, -0.25) is 30.3 Å². The summed E-state index contributed by atoms with van der Waals surface area (Å²) in [6.45, 7) is 2.39. The molecule has 0 spiro atoms. The number of thiocarbonyl (C=S) groups is 1. The van der Waals surface area contributed by atoms with Crippen molar-refractivity contribution in [2.45, 2.75) is 0 Å². The summed E-state index contributed by atoms with van der Waals surface area (Å²) in [7, 11) is 0. The van der Waals surface area contributed by atoms with Crippen molar-refractivity contribution in [2.24, 2.45) is 0 Å². The van der Waals surface area contributed by atoms with E-state index in [0.717, 1.165) is 5.69 Å². The number of furan rings is 1. The van der Waals surface area contributed by atoms with Gasteiger partial charge in [0.25, 0.3) is 17.5 Å². The van der Waals surface area contributed by atoms with Gasteiger partial charge in [0.2, 0.25) is 0 Å². The molecule has 0 aliphatic carbocycles. The van der Waals surface area contributed by atoms with Crippen molar-refractivity contribution in [3.8, 4) is 11.3 Å². The molecule has 0 saturated carbocycles. The third-order valence-electron chi connectivity index (χ3n) is 4.66. The van der Waals surface area contributed by atoms with Gasteiger partial charge >= 0.3 is 0 Å². The van der Waals surface area contributed by atoms with Crippen molar-refractivity contribution in [1.29, 1.82) is 0 Å². The second-order valence-corrected chi connectivity index (χ2v) is 6.96. The lowest BCUT2D eigenvalue weighted by Gasteiger charge is -2.30. The number of hydrogen-bond donors (Lipinski definition) is 2. The van der Waals surface area contributed by atoms with Crippen molar-refractivity contribution in [3.05, 3.63) is 51.8 Å². The molecule has 11 heteroatoms. The number of benzene rings is 1. The summed E-state index contributed by atoms with van der Waals surface area (Å²) in [5, 5.41) is 15.9. The minimum absolute atomic E-state index is 0.0611. The molecule has 0 radical (unpaired) electrons. The number of non-ortho nitro benzene ring substituents is 1. The third kappa shape index (κ3) is 3.93. The van der Waals surface area contributed by atoms with Gasteiger partial charge in [0, 0.05) is 36.5 Å². The maximum Gasteiger partial charge on any atom is 0.270 e. The molecule has 10 nitrogen and oxygen atoms in total. The van der Waals surface area contributed by atoms with Crippen LogP contribution in [0.4, 0.5) is 11.4 Å². The molecule has 4 rings (SSSR count). The topological polar surface area (TPSA) is 127 Å². The van der Waals surface area contributed by atoms with E-state index < -0.39 is 16.7 Å². The first-order valence-electron chi connectivity index (χ1n) is 9.02. The molecule has 2 amide bonds. The predicted molar refractivity (Wildman–Crippen MR) is 111 cm³/mol. The van der Waals surface area contributed by atoms with Crippen LogP contribution in [0.3, 0.4) is 0 Å². The smallest absolute Gasteiger partial charge is 0.270 e. The number of nitrogens with one attached hydrogen (secondary N) is 2. The van der Waals surface area contributed by atoms with Gasteiger partial charge in [-0.05, 0) is 36.5 Å². The summed E-state index contributed by atoms with van der Waals surface area (Å²) in [6, 6.07) is 7.79. The Kier molecular flexibility index (Phi) is 5.29. The van der Waals surface area contributed by atoms with Gasteiger partial charge in [-0.25, -0.2) is 0 Å². The van der Waals surface area contributed by atoms with E-state index in [2.05, 4.69) is 15.5 Å². The second kappa shape index (κ2) is 8.05. The molecule has 0 atom stereocenters. The Morgan fingerprint density at radius 1 is 1.10 bits per heavy atom. The molecule has 1 aromatic heterocycles. The normalized spacial score (nSPS) is 16.9. The standard InChI is InChI=1S/C19H16N4O6S/c24-17-14(18(25)21-19(30)20-17)10-12-2-4-16(29-12)13-9-11(23(26)27)1-3-15(13)22-5-7-28-8-6-22/h1-4,9-10H,5-8H2,(H2,20,21,24,25,30). The Morgan fingerprint density at radius 3 is 2.47 bits per heavy atom. The summed E-state index contributed by atoms with van der Waals surface area (Å²) in [5.74, 6) is -0.645. The van der Waals surface area contributed by atoms with E-state index in [4.69, 9.17) is 21.4 Å². The Morgan fingerprint density at radius 2 is 1.80 bits per heavy atom. The van der Waals surface area contributed by atoms with Crippen LogP contribution >= 0.6 is 12.2 Å². The van der Waals surface area contributed by atoms with Gasteiger partial charge in [-0.2, -0.15) is 0 Å². The van der Waals surface area contributed by atoms with Gasteiger partial charge in [-0.1, -0.05) is 0 Å². The number of nitrogens with zero attached hydrogens (tertiary/aromatic N) is 2. The fourth-order valence-corrected chi connectivity index (χ4v) is 3.42. The molecular weight excluding hydrogens is 412 g/mol. The number of carbonyl (C=O) groups excluding carboxylic acids is 2. The summed E-state index contributed by atoms with van der Waals surface area (Å²) in [6.07, 6.45) is 1.29. The van der Waals surface area contributed by atoms with Crippen molar-refractivity contribution in [1.82, 2.24) is 10.6 Å². The van der Waals surface area contributed by atoms with Crippen LogP contribution in [0.2, 0.25) is 0 Å². The summed E-state index contributed by atoms with van der Waals surface area (Å²) < 4.78 is 11.2. The summed E-state index contributed by atoms with van der Waals surface area (Å²) in [4.78, 5) is 36.9. The van der Waals surface area contributed by atoms with Crippen molar-refractivity contribution in [3.63, 3.8) is 0 Å². The number of hydrogen-bond acceptors (Lipinski definition) is 8. The highest BCUT2D eigenvalue weighted by Gasteiger charge is 2.26. The Bertz CT molecular complexity index is 1060. The van der Waals surface area contributed by atoms with E-state index >= 15 is 0 Å². The van der Waals surface area contributed by atoms with Crippen molar-refractivity contribution in [2.75, 3.05) is 31.2 Å². The summed E-state index contributed by atoms with van der Waals surface area (Å²) in [5.41, 5.74) is 1.08. The number of ether oxygens (including phenoxy) is 1. The third-order valence-corrected chi connectivity index (χ3v) is 4.87. The zero-order valence-corrected chi connectivity index (χ0v) is 16.4. The molecule has 2 N–H and O–H groups in total. The highest BCUT2D eigenvalue weighted by Crippen LogP contribution is 2.36. The first-order valence-corrected chi connectivity index (χ1v) is 9.43. The van der Waals surface area contributed by atoms with Crippen LogP contribution in [0, 0.1) is 10.1 Å². The Labute approximate surface area is 175 Å². The molecule has 3 heterocycles. The quantitative estimate of drug-likeness (QED) is 0.247. The fraction of sp³-hybridized carbons (Fsp3) is 0.211. The van der Waals surface area contributed by atoms with Crippen LogP contribution in [0.1, 0.15) is 5.76 Å². The lowest BCUT2D eigenvalue weighted by Crippen LogP contribution is -2.51. The number of rotatable bonds is 4. The first kappa shape index (κ1) is 19.7. The molecule has 2 saturated heterocycles. The van der Waals surface area contributed by atoms with E-state index in [9.17, 15) is 19.7 Å². The van der Waals surface area contributed by atoms with E-state index in [0.29, 0.717) is 37.6 Å². The van der Waals surface area contributed by atoms with Crippen LogP contribution in [0.25, 0.3) is 17.4 Å². The lowest BCUT2D eigenvalue weighted by atomic mass is 10.1. The minimum Gasteiger partial charge on any atom is -0.457 e. The lowest BCUT2D eigenvalue weighted by molar-refractivity contribution is -0.384. The van der Waals surface area contributed by atoms with Gasteiger partial charge in [0.15, 0.2) is 5.11 Å². The van der Waals surface area contributed by atoms with Crippen LogP contribution in [0.5, 0.6) is 0 Å². The van der Waals surface area contributed by atoms with Crippen LogP contribution in [-0.4, -0.2) is 48.2 Å². The molecule has 2 aliphatic heterocycles. The average Bonchev–Trinajstić information content (AvgIpc) is 3.19. The number of nitro groups is 1. The van der Waals surface area contributed by atoms with E-state index in [-0.39, 0.29) is 22.1 Å². The molecule has 30 heavy (non-hydrogen) atoms. The number of anilines is 1. The molecule has 2 fully saturated rings. The fourth-order valence-electron chi connectivity index (χ4n) is 3.24. The number of amides is 2. The molecule has 0 unspecified atom stereocenters. The molecule has 0 bridgehead atoms. The number of morpholine rings is 1. The van der Waals surface area contributed by atoms with Gasteiger partial charge in [-0.15, -0.1) is 0 Å². The van der Waals surface area contributed by atoms with Crippen LogP contribution in [-0.2, 0) is 14.3 Å². The maximum atomic E-state index is 12.0. The predicted octanol–water partition coefficient (Wildman–Crippen LogP) is 1.61. The van der Waals surface area contributed by atoms with E-state index in [1.807, 2.05) is 0 Å². The largest absolute Gasteiger partial charge is 0.457 e. The van der Waals surface area contributed by atoms with Crippen molar-refractivity contribution < 1.29 is 23.7 Å². The highest BCUT2D eigenvalue weighted by atomic mass is 32.1. The second-order valence-electron chi connectivity index (χ2n) is 6.56. The van der Waals surface area contributed by atoms with Crippen LogP contribution in [0.15, 0.2) is 40.3 Å². The van der Waals surface area contributed by atoms with Crippen LogP contribution < -0.4 is 15.5 Å². The Balaban J connectivity index is 1.71. The van der Waals surface area contributed by atoms with Gasteiger partial charge < -0.3 is 14.1 Å². The minimum atomic E-state index is -0.633. The average molecular weight is 428 g/mol. The molecule has 1 aromatic carbocycles. The molecule has 154 valence electrons. The van der Waals surface area contributed by atoms with Gasteiger partial charge in [0.05, 0.1) is 18.1 Å². The Hall–Kier alpha value is -3.57. The number of nitro benzene ring substituents is 1. The zero-order valence-electron chi connectivity index (χ0n) is 15.5. The van der Waals surface area contributed by atoms with Gasteiger partial charge in [0.1, 0.15) is 17.1 Å². The maximum absolute atomic E-state index is 12.0. The van der Waals surface area contributed by atoms with E-state index in [1.165, 1.54) is 18.2 Å². The molecule has 2 aliphatic rings. The molecular formula is C19H16N4O6S. The monoisotopic (exact) mass is 428 g/mol. The summed E-state index contributed by atoms with van der Waals surface area (Å²) >= 11 is 4.77. The van der Waals surface area contributed by atoms with E-state index in [1.54, 1.807) is 18.2 Å². The molecule has 2 aromatic rings.